The number of nitrogens with one attached hydrogen (secondary N) is 1. The van der Waals surface area contributed by atoms with E-state index >= 15 is 0 Å². The fraction of sp³-hybridized carbons (Fsp3) is 0.562. The fourth-order valence-corrected chi connectivity index (χ4v) is 2.98. The summed E-state index contributed by atoms with van der Waals surface area (Å²) in [4.78, 5) is 12.2. The van der Waals surface area contributed by atoms with E-state index < -0.39 is 0 Å². The lowest BCUT2D eigenvalue weighted by atomic mass is 9.64. The maximum absolute atomic E-state index is 12.2. The summed E-state index contributed by atoms with van der Waals surface area (Å²) in [6, 6.07) is 10.3. The van der Waals surface area contributed by atoms with E-state index in [-0.39, 0.29) is 29.4 Å². The molecule has 1 amide bonds. The molecule has 1 aromatic rings. The van der Waals surface area contributed by atoms with Crippen LogP contribution in [0.2, 0.25) is 0 Å². The van der Waals surface area contributed by atoms with Gasteiger partial charge in [-0.05, 0) is 24.3 Å². The Morgan fingerprint density at radius 3 is 2.53 bits per heavy atom. The normalized spacial score (nSPS) is 35.3. The van der Waals surface area contributed by atoms with Crippen molar-refractivity contribution in [3.05, 3.63) is 35.9 Å². The first-order chi connectivity index (χ1) is 9.00. The molecule has 0 radical (unpaired) electrons. The Balaban J connectivity index is 1.57. The highest BCUT2D eigenvalue weighted by atomic mass is 16.3. The number of amides is 1. The molecule has 2 N–H and O–H groups in total. The Labute approximate surface area is 114 Å². The molecule has 0 heterocycles. The van der Waals surface area contributed by atoms with Crippen LogP contribution in [-0.4, -0.2) is 23.2 Å². The maximum atomic E-state index is 12.2. The van der Waals surface area contributed by atoms with E-state index in [0.29, 0.717) is 12.3 Å². The van der Waals surface area contributed by atoms with Crippen molar-refractivity contribution in [1.82, 2.24) is 5.32 Å². The topological polar surface area (TPSA) is 49.3 Å². The van der Waals surface area contributed by atoms with Crippen molar-refractivity contribution >= 4 is 5.91 Å². The number of hydrogen-bond acceptors (Lipinski definition) is 2. The number of carbonyl (C=O) groups is 1. The highest BCUT2D eigenvalue weighted by molar-refractivity contribution is 5.83. The summed E-state index contributed by atoms with van der Waals surface area (Å²) in [6.07, 6.45) is 1.34. The van der Waals surface area contributed by atoms with Crippen molar-refractivity contribution in [2.75, 3.05) is 0 Å². The molecule has 0 bridgehead atoms. The molecular weight excluding hydrogens is 238 g/mol. The molecule has 4 atom stereocenters. The van der Waals surface area contributed by atoms with Gasteiger partial charge in [-0.1, -0.05) is 44.2 Å². The van der Waals surface area contributed by atoms with Gasteiger partial charge in [-0.2, -0.15) is 0 Å². The van der Waals surface area contributed by atoms with Gasteiger partial charge in [0, 0.05) is 17.4 Å². The molecule has 2 saturated carbocycles. The molecule has 1 aromatic carbocycles. The van der Waals surface area contributed by atoms with Gasteiger partial charge in [0.15, 0.2) is 0 Å². The van der Waals surface area contributed by atoms with Crippen LogP contribution in [0.1, 0.15) is 38.2 Å². The summed E-state index contributed by atoms with van der Waals surface area (Å²) in [5, 5.41) is 12.8. The molecule has 2 fully saturated rings. The van der Waals surface area contributed by atoms with E-state index in [2.05, 4.69) is 17.4 Å². The Morgan fingerprint density at radius 1 is 1.26 bits per heavy atom. The summed E-state index contributed by atoms with van der Waals surface area (Å²) in [5.74, 6) is 0.657. The van der Waals surface area contributed by atoms with Crippen molar-refractivity contribution in [3.8, 4) is 0 Å². The van der Waals surface area contributed by atoms with Crippen LogP contribution in [0.5, 0.6) is 0 Å². The van der Waals surface area contributed by atoms with Crippen molar-refractivity contribution in [3.63, 3.8) is 0 Å². The predicted molar refractivity (Wildman–Crippen MR) is 73.6 cm³/mol. The standard InChI is InChI=1S/C16H21NO2/c1-16(2)13(9-14(16)18)17-15(19)12-8-11(12)10-6-4-3-5-7-10/h3-7,11-14,18H,8-9H2,1-2H3,(H,17,19). The lowest BCUT2D eigenvalue weighted by Crippen LogP contribution is -2.61. The third kappa shape index (κ3) is 2.16. The minimum atomic E-state index is -0.290. The number of rotatable bonds is 3. The molecule has 102 valence electrons. The first-order valence-corrected chi connectivity index (χ1v) is 7.03. The quantitative estimate of drug-likeness (QED) is 0.873. The van der Waals surface area contributed by atoms with Crippen molar-refractivity contribution in [2.45, 2.75) is 44.8 Å². The number of aliphatic hydroxyl groups is 1. The monoisotopic (exact) mass is 259 g/mol. The molecular formula is C16H21NO2. The summed E-state index contributed by atoms with van der Waals surface area (Å²) < 4.78 is 0. The van der Waals surface area contributed by atoms with E-state index in [4.69, 9.17) is 0 Å². The second-order valence-corrected chi connectivity index (χ2v) is 6.49. The number of carbonyl (C=O) groups excluding carboxylic acids is 1. The van der Waals surface area contributed by atoms with Crippen LogP contribution in [0.25, 0.3) is 0 Å². The number of benzene rings is 1. The zero-order chi connectivity index (χ0) is 13.6. The van der Waals surface area contributed by atoms with Gasteiger partial charge in [0.25, 0.3) is 0 Å². The molecule has 19 heavy (non-hydrogen) atoms. The molecule has 3 rings (SSSR count). The smallest absolute Gasteiger partial charge is 0.223 e. The van der Waals surface area contributed by atoms with Crippen LogP contribution >= 0.6 is 0 Å². The van der Waals surface area contributed by atoms with Crippen LogP contribution in [-0.2, 0) is 4.79 Å². The van der Waals surface area contributed by atoms with Crippen LogP contribution in [0.15, 0.2) is 30.3 Å². The van der Waals surface area contributed by atoms with E-state index in [1.54, 1.807) is 0 Å². The lowest BCUT2D eigenvalue weighted by Gasteiger charge is -2.49. The first kappa shape index (κ1) is 12.7. The highest BCUT2D eigenvalue weighted by Gasteiger charge is 2.51. The second-order valence-electron chi connectivity index (χ2n) is 6.49. The molecule has 3 nitrogen and oxygen atoms in total. The molecule has 0 spiro atoms. The average Bonchev–Trinajstić information content (AvgIpc) is 3.19. The van der Waals surface area contributed by atoms with Crippen LogP contribution in [0, 0.1) is 11.3 Å². The van der Waals surface area contributed by atoms with Crippen molar-refractivity contribution < 1.29 is 9.90 Å². The second kappa shape index (κ2) is 4.34. The van der Waals surface area contributed by atoms with Crippen molar-refractivity contribution in [1.29, 1.82) is 0 Å². The van der Waals surface area contributed by atoms with Gasteiger partial charge in [-0.15, -0.1) is 0 Å². The van der Waals surface area contributed by atoms with Gasteiger partial charge in [-0.25, -0.2) is 0 Å². The average molecular weight is 259 g/mol. The summed E-state index contributed by atoms with van der Waals surface area (Å²) in [5.41, 5.74) is 1.07. The predicted octanol–water partition coefficient (Wildman–Crippen LogP) is 2.07. The van der Waals surface area contributed by atoms with Crippen LogP contribution in [0.4, 0.5) is 0 Å². The van der Waals surface area contributed by atoms with Crippen LogP contribution < -0.4 is 5.32 Å². The van der Waals surface area contributed by atoms with Crippen molar-refractivity contribution in [2.24, 2.45) is 11.3 Å². The number of aliphatic hydroxyl groups excluding tert-OH is 1. The Bertz CT molecular complexity index is 483. The van der Waals surface area contributed by atoms with E-state index in [1.807, 2.05) is 32.0 Å². The van der Waals surface area contributed by atoms with E-state index in [0.717, 1.165) is 6.42 Å². The molecule has 0 saturated heterocycles. The minimum absolute atomic E-state index is 0.118. The zero-order valence-electron chi connectivity index (χ0n) is 11.5. The number of hydrogen-bond donors (Lipinski definition) is 2. The third-order valence-corrected chi connectivity index (χ3v) is 4.89. The molecule has 0 aliphatic heterocycles. The zero-order valence-corrected chi connectivity index (χ0v) is 11.5. The van der Waals surface area contributed by atoms with Gasteiger partial charge in [0.05, 0.1) is 6.10 Å². The maximum Gasteiger partial charge on any atom is 0.223 e. The minimum Gasteiger partial charge on any atom is -0.392 e. The van der Waals surface area contributed by atoms with Crippen LogP contribution in [0.3, 0.4) is 0 Å². The summed E-state index contributed by atoms with van der Waals surface area (Å²) in [7, 11) is 0. The van der Waals surface area contributed by atoms with E-state index in [1.165, 1.54) is 5.56 Å². The molecule has 2 aliphatic carbocycles. The Hall–Kier alpha value is -1.35. The Kier molecular flexibility index (Phi) is 2.90. The molecule has 0 aromatic heterocycles. The fourth-order valence-electron chi connectivity index (χ4n) is 2.98. The third-order valence-electron chi connectivity index (χ3n) is 4.89. The molecule has 4 unspecified atom stereocenters. The Morgan fingerprint density at radius 2 is 1.95 bits per heavy atom. The molecule has 2 aliphatic rings. The van der Waals surface area contributed by atoms with Gasteiger partial charge in [-0.3, -0.25) is 4.79 Å². The van der Waals surface area contributed by atoms with Gasteiger partial charge < -0.3 is 10.4 Å². The summed E-state index contributed by atoms with van der Waals surface area (Å²) >= 11 is 0. The molecule has 3 heteroatoms. The van der Waals surface area contributed by atoms with Gasteiger partial charge in [0.2, 0.25) is 5.91 Å². The lowest BCUT2D eigenvalue weighted by molar-refractivity contribution is -0.130. The van der Waals surface area contributed by atoms with Gasteiger partial charge >= 0.3 is 0 Å². The summed E-state index contributed by atoms with van der Waals surface area (Å²) in [6.45, 7) is 4.02. The van der Waals surface area contributed by atoms with Gasteiger partial charge in [0.1, 0.15) is 0 Å². The van der Waals surface area contributed by atoms with E-state index in [9.17, 15) is 9.90 Å². The highest BCUT2D eigenvalue weighted by Crippen LogP contribution is 2.48. The SMILES string of the molecule is CC1(C)C(O)CC1NC(=O)C1CC1c1ccccc1. The first-order valence-electron chi connectivity index (χ1n) is 7.03. The largest absolute Gasteiger partial charge is 0.392 e.